The Bertz CT molecular complexity index is 839. The van der Waals surface area contributed by atoms with Gasteiger partial charge in [-0.2, -0.15) is 0 Å². The van der Waals surface area contributed by atoms with Crippen LogP contribution in [-0.2, 0) is 9.59 Å². The summed E-state index contributed by atoms with van der Waals surface area (Å²) in [6.45, 7) is 1.66. The molecular formula is C21H24FN3O3. The molecule has 0 bridgehead atoms. The number of hydrogen-bond donors (Lipinski definition) is 1. The second-order valence-corrected chi connectivity index (χ2v) is 7.69. The summed E-state index contributed by atoms with van der Waals surface area (Å²) < 4.78 is 14.6. The maximum absolute atomic E-state index is 14.6. The Hall–Kier alpha value is -2.70. The standard InChI is InChI=1S/C21H24FN3O3/c22-17-13-14(8-9-18(17)24-10-4-1-5-11-24)12-16-19(26)23-21(28)25(20(16)27)15-6-2-3-7-15/h8-9,12-13,15H,1-7,10-11H2,(H,23,26,28)/b16-12+. The van der Waals surface area contributed by atoms with Crippen molar-refractivity contribution in [1.82, 2.24) is 10.2 Å². The van der Waals surface area contributed by atoms with Crippen molar-refractivity contribution < 1.29 is 18.8 Å². The van der Waals surface area contributed by atoms with Crippen molar-refractivity contribution in [2.75, 3.05) is 18.0 Å². The SMILES string of the molecule is O=C1NC(=O)N(C2CCCC2)C(=O)/C1=C/c1ccc(N2CCCCC2)c(F)c1. The summed E-state index contributed by atoms with van der Waals surface area (Å²) in [4.78, 5) is 40.4. The van der Waals surface area contributed by atoms with Gasteiger partial charge in [0.15, 0.2) is 0 Å². The molecule has 0 aromatic heterocycles. The van der Waals surface area contributed by atoms with Gasteiger partial charge in [-0.1, -0.05) is 18.9 Å². The number of imide groups is 2. The Labute approximate surface area is 163 Å². The van der Waals surface area contributed by atoms with Gasteiger partial charge in [0.1, 0.15) is 11.4 Å². The predicted octanol–water partition coefficient (Wildman–Crippen LogP) is 3.22. The Morgan fingerprint density at radius 2 is 1.71 bits per heavy atom. The van der Waals surface area contributed by atoms with Crippen molar-refractivity contribution in [3.63, 3.8) is 0 Å². The fraction of sp³-hybridized carbons (Fsp3) is 0.476. The molecule has 2 aliphatic heterocycles. The van der Waals surface area contributed by atoms with Crippen LogP contribution in [0.2, 0.25) is 0 Å². The second-order valence-electron chi connectivity index (χ2n) is 7.69. The van der Waals surface area contributed by atoms with Crippen molar-refractivity contribution in [2.24, 2.45) is 0 Å². The number of halogens is 1. The van der Waals surface area contributed by atoms with Crippen LogP contribution in [0.15, 0.2) is 23.8 Å². The van der Waals surface area contributed by atoms with Crippen molar-refractivity contribution in [3.8, 4) is 0 Å². The summed E-state index contributed by atoms with van der Waals surface area (Å²) in [5.41, 5.74) is 0.845. The first kappa shape index (κ1) is 18.7. The highest BCUT2D eigenvalue weighted by Crippen LogP contribution is 2.28. The zero-order valence-corrected chi connectivity index (χ0v) is 15.7. The zero-order chi connectivity index (χ0) is 19.7. The molecule has 0 spiro atoms. The van der Waals surface area contributed by atoms with E-state index in [-0.39, 0.29) is 17.4 Å². The first-order valence-electron chi connectivity index (χ1n) is 9.99. The molecular weight excluding hydrogens is 361 g/mol. The molecule has 7 heteroatoms. The molecule has 3 fully saturated rings. The number of rotatable bonds is 3. The van der Waals surface area contributed by atoms with Gasteiger partial charge < -0.3 is 4.90 Å². The fourth-order valence-corrected chi connectivity index (χ4v) is 4.34. The number of amides is 4. The third kappa shape index (κ3) is 3.53. The highest BCUT2D eigenvalue weighted by atomic mass is 19.1. The van der Waals surface area contributed by atoms with Crippen LogP contribution >= 0.6 is 0 Å². The van der Waals surface area contributed by atoms with Crippen LogP contribution in [-0.4, -0.2) is 41.9 Å². The number of urea groups is 1. The average molecular weight is 385 g/mol. The maximum atomic E-state index is 14.6. The van der Waals surface area contributed by atoms with Crippen molar-refractivity contribution >= 4 is 29.6 Å². The summed E-state index contributed by atoms with van der Waals surface area (Å²) in [7, 11) is 0. The van der Waals surface area contributed by atoms with Gasteiger partial charge in [-0.05, 0) is 55.9 Å². The van der Waals surface area contributed by atoms with Gasteiger partial charge in [0, 0.05) is 19.1 Å². The number of barbiturate groups is 1. The Balaban J connectivity index is 1.59. The lowest BCUT2D eigenvalue weighted by Crippen LogP contribution is -2.57. The minimum atomic E-state index is -0.732. The van der Waals surface area contributed by atoms with E-state index in [1.807, 2.05) is 4.90 Å². The van der Waals surface area contributed by atoms with Gasteiger partial charge in [0.2, 0.25) is 0 Å². The largest absolute Gasteiger partial charge is 0.369 e. The third-order valence-corrected chi connectivity index (χ3v) is 5.80. The van der Waals surface area contributed by atoms with E-state index in [0.29, 0.717) is 11.3 Å². The molecule has 1 N–H and O–H groups in total. The molecule has 0 atom stereocenters. The lowest BCUT2D eigenvalue weighted by atomic mass is 10.0. The number of piperidine rings is 1. The van der Waals surface area contributed by atoms with Crippen LogP contribution in [0, 0.1) is 5.82 Å². The number of nitrogens with one attached hydrogen (secondary N) is 1. The van der Waals surface area contributed by atoms with E-state index in [4.69, 9.17) is 0 Å². The molecule has 1 aliphatic carbocycles. The molecule has 0 radical (unpaired) electrons. The van der Waals surface area contributed by atoms with Crippen LogP contribution in [0.4, 0.5) is 14.9 Å². The third-order valence-electron chi connectivity index (χ3n) is 5.80. The Morgan fingerprint density at radius 1 is 1.00 bits per heavy atom. The number of anilines is 1. The van der Waals surface area contributed by atoms with Gasteiger partial charge in [-0.3, -0.25) is 19.8 Å². The van der Waals surface area contributed by atoms with Gasteiger partial charge in [-0.15, -0.1) is 0 Å². The number of carbonyl (C=O) groups excluding carboxylic acids is 3. The van der Waals surface area contributed by atoms with Crippen molar-refractivity contribution in [2.45, 2.75) is 51.0 Å². The number of carbonyl (C=O) groups is 3. The molecule has 1 aromatic carbocycles. The van der Waals surface area contributed by atoms with Crippen molar-refractivity contribution in [3.05, 3.63) is 35.2 Å². The van der Waals surface area contributed by atoms with Crippen molar-refractivity contribution in [1.29, 1.82) is 0 Å². The lowest BCUT2D eigenvalue weighted by molar-refractivity contribution is -0.131. The zero-order valence-electron chi connectivity index (χ0n) is 15.7. The van der Waals surface area contributed by atoms with E-state index in [9.17, 15) is 18.8 Å². The fourth-order valence-electron chi connectivity index (χ4n) is 4.34. The average Bonchev–Trinajstić information content (AvgIpc) is 3.20. The van der Waals surface area contributed by atoms with Gasteiger partial charge in [0.05, 0.1) is 5.69 Å². The molecule has 148 valence electrons. The number of benzene rings is 1. The van der Waals surface area contributed by atoms with Gasteiger partial charge >= 0.3 is 6.03 Å². The predicted molar refractivity (Wildman–Crippen MR) is 103 cm³/mol. The van der Waals surface area contributed by atoms with Crippen LogP contribution in [0.25, 0.3) is 6.08 Å². The second kappa shape index (κ2) is 7.73. The van der Waals surface area contributed by atoms with E-state index >= 15 is 0 Å². The number of hydrogen-bond acceptors (Lipinski definition) is 4. The normalized spacial score (nSPS) is 22.9. The molecule has 1 saturated carbocycles. The Kier molecular flexibility index (Phi) is 5.15. The molecule has 0 unspecified atom stereocenters. The molecule has 2 saturated heterocycles. The van der Waals surface area contributed by atoms with E-state index in [0.717, 1.165) is 62.9 Å². The van der Waals surface area contributed by atoms with Crippen LogP contribution in [0.5, 0.6) is 0 Å². The van der Waals surface area contributed by atoms with Crippen LogP contribution < -0.4 is 10.2 Å². The highest BCUT2D eigenvalue weighted by molar-refractivity contribution is 6.31. The van der Waals surface area contributed by atoms with Gasteiger partial charge in [0.25, 0.3) is 11.8 Å². The molecule has 28 heavy (non-hydrogen) atoms. The van der Waals surface area contributed by atoms with E-state index in [1.165, 1.54) is 12.1 Å². The molecule has 3 aliphatic rings. The highest BCUT2D eigenvalue weighted by Gasteiger charge is 2.40. The molecule has 4 rings (SSSR count). The topological polar surface area (TPSA) is 69.7 Å². The monoisotopic (exact) mass is 385 g/mol. The Morgan fingerprint density at radius 3 is 2.39 bits per heavy atom. The lowest BCUT2D eigenvalue weighted by Gasteiger charge is -2.31. The van der Waals surface area contributed by atoms with E-state index in [2.05, 4.69) is 5.32 Å². The molecule has 6 nitrogen and oxygen atoms in total. The summed E-state index contributed by atoms with van der Waals surface area (Å²) in [6, 6.07) is 3.90. The summed E-state index contributed by atoms with van der Waals surface area (Å²) in [5.74, 6) is -1.70. The quantitative estimate of drug-likeness (QED) is 0.641. The summed E-state index contributed by atoms with van der Waals surface area (Å²) in [5, 5.41) is 2.24. The van der Waals surface area contributed by atoms with Crippen LogP contribution in [0.3, 0.4) is 0 Å². The first-order chi connectivity index (χ1) is 13.5. The molecule has 2 heterocycles. The summed E-state index contributed by atoms with van der Waals surface area (Å²) >= 11 is 0. The van der Waals surface area contributed by atoms with E-state index in [1.54, 1.807) is 12.1 Å². The summed E-state index contributed by atoms with van der Waals surface area (Å²) in [6.07, 6.45) is 8.04. The number of nitrogens with zero attached hydrogens (tertiary/aromatic N) is 2. The van der Waals surface area contributed by atoms with Crippen LogP contribution in [0.1, 0.15) is 50.5 Å². The van der Waals surface area contributed by atoms with Gasteiger partial charge in [-0.25, -0.2) is 9.18 Å². The molecule has 4 amide bonds. The van der Waals surface area contributed by atoms with E-state index < -0.39 is 17.8 Å². The smallest absolute Gasteiger partial charge is 0.331 e. The molecule has 1 aromatic rings. The maximum Gasteiger partial charge on any atom is 0.331 e. The minimum absolute atomic E-state index is 0.128. The first-order valence-corrected chi connectivity index (χ1v) is 9.99. The minimum Gasteiger partial charge on any atom is -0.369 e.